The SMILES string of the molecule is S=C(Nc1ccccc1)N[C@@H]1CCc2ccccc21. The predicted octanol–water partition coefficient (Wildman–Crippen LogP) is 3.66. The number of thiocarbonyl (C=S) groups is 1. The molecule has 0 heterocycles. The molecule has 0 aliphatic heterocycles. The Balaban J connectivity index is 1.65. The van der Waals surface area contributed by atoms with E-state index in [1.54, 1.807) is 0 Å². The molecule has 0 saturated heterocycles. The van der Waals surface area contributed by atoms with Crippen molar-refractivity contribution in [1.82, 2.24) is 5.32 Å². The Morgan fingerprint density at radius 1 is 1.00 bits per heavy atom. The Morgan fingerprint density at radius 3 is 2.58 bits per heavy atom. The minimum absolute atomic E-state index is 0.333. The summed E-state index contributed by atoms with van der Waals surface area (Å²) in [5, 5.41) is 7.31. The summed E-state index contributed by atoms with van der Waals surface area (Å²) in [6, 6.07) is 18.9. The van der Waals surface area contributed by atoms with Crippen LogP contribution in [0.1, 0.15) is 23.6 Å². The lowest BCUT2D eigenvalue weighted by Crippen LogP contribution is -2.31. The molecule has 0 amide bonds. The Kier molecular flexibility index (Phi) is 3.47. The first kappa shape index (κ1) is 12.2. The van der Waals surface area contributed by atoms with Gasteiger partial charge in [-0.25, -0.2) is 0 Å². The molecule has 1 atom stereocenters. The fraction of sp³-hybridized carbons (Fsp3) is 0.188. The second kappa shape index (κ2) is 5.41. The maximum absolute atomic E-state index is 5.38. The van der Waals surface area contributed by atoms with Crippen LogP contribution < -0.4 is 10.6 Å². The second-order valence-electron chi connectivity index (χ2n) is 4.75. The molecule has 3 heteroatoms. The van der Waals surface area contributed by atoms with Crippen molar-refractivity contribution < 1.29 is 0 Å². The Hall–Kier alpha value is -1.87. The number of benzene rings is 2. The third-order valence-corrected chi connectivity index (χ3v) is 3.69. The third-order valence-electron chi connectivity index (χ3n) is 3.47. The molecular formula is C16H16N2S. The van der Waals surface area contributed by atoms with Crippen LogP contribution in [0.25, 0.3) is 0 Å². The first-order valence-corrected chi connectivity index (χ1v) is 6.94. The monoisotopic (exact) mass is 268 g/mol. The second-order valence-corrected chi connectivity index (χ2v) is 5.16. The normalized spacial score (nSPS) is 16.7. The average Bonchev–Trinajstić information content (AvgIpc) is 2.83. The quantitative estimate of drug-likeness (QED) is 0.813. The smallest absolute Gasteiger partial charge is 0.171 e. The molecule has 2 aromatic carbocycles. The van der Waals surface area contributed by atoms with E-state index < -0.39 is 0 Å². The van der Waals surface area contributed by atoms with Crippen molar-refractivity contribution in [1.29, 1.82) is 0 Å². The van der Waals surface area contributed by atoms with Gasteiger partial charge in [-0.2, -0.15) is 0 Å². The lowest BCUT2D eigenvalue weighted by Gasteiger charge is -2.17. The summed E-state index contributed by atoms with van der Waals surface area (Å²) >= 11 is 5.38. The fourth-order valence-corrected chi connectivity index (χ4v) is 2.81. The largest absolute Gasteiger partial charge is 0.356 e. The zero-order valence-corrected chi connectivity index (χ0v) is 11.4. The molecule has 0 radical (unpaired) electrons. The summed E-state index contributed by atoms with van der Waals surface area (Å²) in [4.78, 5) is 0. The van der Waals surface area contributed by atoms with Gasteiger partial charge >= 0.3 is 0 Å². The van der Waals surface area contributed by atoms with Crippen molar-refractivity contribution in [2.24, 2.45) is 0 Å². The van der Waals surface area contributed by atoms with Crippen molar-refractivity contribution in [3.8, 4) is 0 Å². The summed E-state index contributed by atoms with van der Waals surface area (Å²) in [6.45, 7) is 0. The van der Waals surface area contributed by atoms with E-state index in [1.165, 1.54) is 11.1 Å². The zero-order valence-electron chi connectivity index (χ0n) is 10.6. The first-order valence-electron chi connectivity index (χ1n) is 6.53. The number of rotatable bonds is 2. The van der Waals surface area contributed by atoms with E-state index in [1.807, 2.05) is 30.3 Å². The summed E-state index contributed by atoms with van der Waals surface area (Å²) < 4.78 is 0. The molecule has 0 unspecified atom stereocenters. The van der Waals surface area contributed by atoms with E-state index in [0.29, 0.717) is 11.2 Å². The van der Waals surface area contributed by atoms with Crippen molar-refractivity contribution >= 4 is 23.0 Å². The Morgan fingerprint density at radius 2 is 1.74 bits per heavy atom. The zero-order chi connectivity index (χ0) is 13.1. The first-order chi connectivity index (χ1) is 9.33. The van der Waals surface area contributed by atoms with E-state index in [4.69, 9.17) is 12.2 Å². The molecule has 19 heavy (non-hydrogen) atoms. The standard InChI is InChI=1S/C16H16N2S/c19-16(17-13-7-2-1-3-8-13)18-15-11-10-12-6-4-5-9-14(12)15/h1-9,15H,10-11H2,(H2,17,18,19)/t15-/m1/s1. The van der Waals surface area contributed by atoms with Crippen LogP contribution in [0.2, 0.25) is 0 Å². The van der Waals surface area contributed by atoms with Crippen LogP contribution in [0, 0.1) is 0 Å². The highest BCUT2D eigenvalue weighted by Gasteiger charge is 2.22. The van der Waals surface area contributed by atoms with E-state index in [0.717, 1.165) is 18.5 Å². The van der Waals surface area contributed by atoms with Crippen LogP contribution in [0.5, 0.6) is 0 Å². The maximum atomic E-state index is 5.38. The summed E-state index contributed by atoms with van der Waals surface area (Å²) in [6.07, 6.45) is 2.23. The van der Waals surface area contributed by atoms with Gasteiger partial charge in [-0.3, -0.25) is 0 Å². The molecule has 0 bridgehead atoms. The topological polar surface area (TPSA) is 24.1 Å². The molecule has 0 saturated carbocycles. The molecule has 2 nitrogen and oxygen atoms in total. The van der Waals surface area contributed by atoms with E-state index in [2.05, 4.69) is 34.9 Å². The molecule has 96 valence electrons. The minimum atomic E-state index is 0.333. The molecule has 1 aliphatic carbocycles. The van der Waals surface area contributed by atoms with Crippen molar-refractivity contribution in [3.63, 3.8) is 0 Å². The summed E-state index contributed by atoms with van der Waals surface area (Å²) in [5.41, 5.74) is 3.83. The highest BCUT2D eigenvalue weighted by atomic mass is 32.1. The predicted molar refractivity (Wildman–Crippen MR) is 83.3 cm³/mol. The van der Waals surface area contributed by atoms with Gasteiger partial charge in [0.15, 0.2) is 5.11 Å². The van der Waals surface area contributed by atoms with Gasteiger partial charge in [-0.15, -0.1) is 0 Å². The van der Waals surface area contributed by atoms with Gasteiger partial charge in [-0.1, -0.05) is 42.5 Å². The van der Waals surface area contributed by atoms with Crippen LogP contribution in [0.15, 0.2) is 54.6 Å². The van der Waals surface area contributed by atoms with Crippen LogP contribution in [-0.2, 0) is 6.42 Å². The van der Waals surface area contributed by atoms with Crippen molar-refractivity contribution in [2.45, 2.75) is 18.9 Å². The van der Waals surface area contributed by atoms with Crippen molar-refractivity contribution in [2.75, 3.05) is 5.32 Å². The van der Waals surface area contributed by atoms with Crippen LogP contribution in [0.3, 0.4) is 0 Å². The number of hydrogen-bond donors (Lipinski definition) is 2. The lowest BCUT2D eigenvalue weighted by atomic mass is 10.1. The molecule has 0 spiro atoms. The molecular weight excluding hydrogens is 252 g/mol. The number of hydrogen-bond acceptors (Lipinski definition) is 1. The Labute approximate surface area is 118 Å². The summed E-state index contributed by atoms with van der Waals surface area (Å²) in [5.74, 6) is 0. The summed E-state index contributed by atoms with van der Waals surface area (Å²) in [7, 11) is 0. The van der Waals surface area contributed by atoms with Gasteiger partial charge in [0.25, 0.3) is 0 Å². The molecule has 2 aromatic rings. The van der Waals surface area contributed by atoms with Gasteiger partial charge < -0.3 is 10.6 Å². The van der Waals surface area contributed by atoms with E-state index in [-0.39, 0.29) is 0 Å². The molecule has 2 N–H and O–H groups in total. The maximum Gasteiger partial charge on any atom is 0.171 e. The van der Waals surface area contributed by atoms with E-state index >= 15 is 0 Å². The number of para-hydroxylation sites is 1. The number of fused-ring (bicyclic) bond motifs is 1. The number of aryl methyl sites for hydroxylation is 1. The molecule has 3 rings (SSSR count). The van der Waals surface area contributed by atoms with Gasteiger partial charge in [0.05, 0.1) is 6.04 Å². The van der Waals surface area contributed by atoms with Gasteiger partial charge in [0, 0.05) is 5.69 Å². The van der Waals surface area contributed by atoms with Crippen molar-refractivity contribution in [3.05, 3.63) is 65.7 Å². The van der Waals surface area contributed by atoms with E-state index in [9.17, 15) is 0 Å². The van der Waals surface area contributed by atoms with Gasteiger partial charge in [-0.05, 0) is 48.3 Å². The fourth-order valence-electron chi connectivity index (χ4n) is 2.55. The Bertz CT molecular complexity index is 580. The molecule has 1 aliphatic rings. The van der Waals surface area contributed by atoms with Crippen LogP contribution in [0.4, 0.5) is 5.69 Å². The minimum Gasteiger partial charge on any atom is -0.356 e. The lowest BCUT2D eigenvalue weighted by molar-refractivity contribution is 0.644. The number of nitrogens with one attached hydrogen (secondary N) is 2. The number of anilines is 1. The molecule has 0 fully saturated rings. The van der Waals surface area contributed by atoms with Gasteiger partial charge in [0.2, 0.25) is 0 Å². The van der Waals surface area contributed by atoms with Crippen LogP contribution >= 0.6 is 12.2 Å². The molecule has 0 aromatic heterocycles. The average molecular weight is 268 g/mol. The highest BCUT2D eigenvalue weighted by Crippen LogP contribution is 2.30. The van der Waals surface area contributed by atoms with Gasteiger partial charge in [0.1, 0.15) is 0 Å². The third kappa shape index (κ3) is 2.76. The van der Waals surface area contributed by atoms with Crippen LogP contribution in [-0.4, -0.2) is 5.11 Å². The highest BCUT2D eigenvalue weighted by molar-refractivity contribution is 7.80.